The first-order valence-electron chi connectivity index (χ1n) is 9.23. The van der Waals surface area contributed by atoms with Crippen LogP contribution in [0.15, 0.2) is 12.7 Å². The van der Waals surface area contributed by atoms with Crippen LogP contribution in [-0.2, 0) is 9.53 Å². The normalized spacial score (nSPS) is 35.0. The van der Waals surface area contributed by atoms with Gasteiger partial charge in [-0.15, -0.1) is 0 Å². The maximum Gasteiger partial charge on any atom is 0.237 e. The van der Waals surface area contributed by atoms with Crippen LogP contribution in [0, 0.1) is 0 Å². The predicted octanol–water partition coefficient (Wildman–Crippen LogP) is -3.59. The van der Waals surface area contributed by atoms with Crippen LogP contribution < -0.4 is 16.0 Å². The summed E-state index contributed by atoms with van der Waals surface area (Å²) in [5, 5.41) is 48.7. The van der Waals surface area contributed by atoms with Crippen LogP contribution in [0.4, 0.5) is 5.82 Å². The molecule has 4 rings (SSSR count). The Morgan fingerprint density at radius 1 is 1.24 bits per heavy atom. The Morgan fingerprint density at radius 3 is 2.79 bits per heavy atom. The number of nitrogens with one attached hydrogen (secondary N) is 4. The number of rotatable bonds is 5. The molecule has 7 atom stereocenters. The van der Waals surface area contributed by atoms with Gasteiger partial charge in [0.15, 0.2) is 17.7 Å². The number of β-amino-alcohol motifs (C(OH)–C–C–N with tert-alkyl or cyclic N) is 1. The van der Waals surface area contributed by atoms with E-state index >= 15 is 0 Å². The molecule has 2 fully saturated rings. The zero-order valence-electron chi connectivity index (χ0n) is 15.3. The zero-order chi connectivity index (χ0) is 20.5. The minimum Gasteiger partial charge on any atom is -0.394 e. The van der Waals surface area contributed by atoms with Crippen LogP contribution in [-0.4, -0.2) is 102 Å². The summed E-state index contributed by atoms with van der Waals surface area (Å²) in [4.78, 5) is 27.4. The highest BCUT2D eigenvalue weighted by molar-refractivity contribution is 5.83. The van der Waals surface area contributed by atoms with Gasteiger partial charge < -0.3 is 46.1 Å². The third-order valence-corrected chi connectivity index (χ3v) is 5.16. The number of amides is 1. The van der Waals surface area contributed by atoms with E-state index in [-0.39, 0.29) is 6.42 Å². The summed E-state index contributed by atoms with van der Waals surface area (Å²) in [6, 6.07) is -1.67. The molecule has 0 spiro atoms. The number of ether oxygens (including phenoxy) is 1. The number of hydrogen-bond donors (Lipinski definition) is 8. The maximum atomic E-state index is 12.4. The average Bonchev–Trinajstić information content (AvgIpc) is 3.37. The summed E-state index contributed by atoms with van der Waals surface area (Å²) in [7, 11) is 0. The molecule has 2 aliphatic heterocycles. The van der Waals surface area contributed by atoms with E-state index in [1.165, 1.54) is 12.7 Å². The Hall–Kier alpha value is -2.42. The second-order valence-corrected chi connectivity index (χ2v) is 7.11. The van der Waals surface area contributed by atoms with Crippen molar-refractivity contribution in [1.82, 2.24) is 30.6 Å². The van der Waals surface area contributed by atoms with Crippen LogP contribution in [0.1, 0.15) is 6.42 Å². The number of hydrogen-bond acceptors (Lipinski definition) is 11. The molecule has 2 saturated heterocycles. The van der Waals surface area contributed by atoms with Crippen molar-refractivity contribution in [3.05, 3.63) is 12.7 Å². The molecule has 29 heavy (non-hydrogen) atoms. The van der Waals surface area contributed by atoms with E-state index in [1.54, 1.807) is 0 Å². The number of H-pyrrole nitrogens is 1. The van der Waals surface area contributed by atoms with Crippen molar-refractivity contribution in [2.24, 2.45) is 0 Å². The van der Waals surface area contributed by atoms with Gasteiger partial charge in [0.25, 0.3) is 0 Å². The van der Waals surface area contributed by atoms with Gasteiger partial charge in [-0.2, -0.15) is 0 Å². The molecule has 13 heteroatoms. The fourth-order valence-corrected chi connectivity index (χ4v) is 3.61. The minimum atomic E-state index is -1.43. The molecule has 0 radical (unpaired) electrons. The molecule has 1 amide bonds. The zero-order valence-corrected chi connectivity index (χ0v) is 15.3. The summed E-state index contributed by atoms with van der Waals surface area (Å²) >= 11 is 0. The second kappa shape index (κ2) is 8.14. The Balaban J connectivity index is 1.47. The molecule has 2 aromatic heterocycles. The lowest BCUT2D eigenvalue weighted by Crippen LogP contribution is -2.66. The van der Waals surface area contributed by atoms with Gasteiger partial charge in [-0.3, -0.25) is 4.79 Å². The maximum absolute atomic E-state index is 12.4. The monoisotopic (exact) mass is 409 g/mol. The molecule has 0 aromatic carbocycles. The van der Waals surface area contributed by atoms with Crippen LogP contribution in [0.25, 0.3) is 11.2 Å². The first-order chi connectivity index (χ1) is 14.0. The fourth-order valence-electron chi connectivity index (χ4n) is 3.61. The molecule has 0 unspecified atom stereocenters. The van der Waals surface area contributed by atoms with Crippen molar-refractivity contribution in [3.8, 4) is 0 Å². The largest absolute Gasteiger partial charge is 0.394 e. The number of nitrogens with zero attached hydrogens (tertiary/aromatic N) is 3. The number of aromatic nitrogens is 4. The van der Waals surface area contributed by atoms with Gasteiger partial charge in [-0.1, -0.05) is 0 Å². The first kappa shape index (κ1) is 19.9. The number of aliphatic hydroxyl groups is 4. The summed E-state index contributed by atoms with van der Waals surface area (Å²) in [6.45, 7) is -0.211. The molecular formula is C16H23N7O6. The third-order valence-electron chi connectivity index (χ3n) is 5.16. The van der Waals surface area contributed by atoms with Crippen LogP contribution in [0.3, 0.4) is 0 Å². The highest BCUT2D eigenvalue weighted by Gasteiger charge is 2.46. The van der Waals surface area contributed by atoms with Crippen molar-refractivity contribution in [1.29, 1.82) is 0 Å². The number of imidazole rings is 1. The van der Waals surface area contributed by atoms with Crippen molar-refractivity contribution < 1.29 is 30.0 Å². The Bertz CT molecular complexity index is 863. The molecule has 8 N–H and O–H groups in total. The SMILES string of the molecule is O=C(N[C@@H]1[C@@H](O)[C@H](O)[C@@H](Nc2ncnc3nc[nH]c23)O[C@H]1CO)[C@H]1C[C@@H](O)CN1. The number of aromatic amines is 1. The molecule has 0 aliphatic carbocycles. The third kappa shape index (κ3) is 3.88. The molecular weight excluding hydrogens is 386 g/mol. The van der Waals surface area contributed by atoms with Crippen LogP contribution in [0.5, 0.6) is 0 Å². The van der Waals surface area contributed by atoms with Gasteiger partial charge in [0.1, 0.15) is 30.2 Å². The standard InChI is InChI=1S/C16H23N7O6/c24-3-8-9(22-15(28)7-1-6(25)2-17-7)11(26)12(27)16(29-8)23-14-10-13(19-4-18-10)20-5-21-14/h4-9,11-12,16-17,24-27H,1-3H2,(H,22,28)(H2,18,19,20,21,23)/t6-,7-,8+,9+,11-,12+,16+/m1/s1. The number of carbonyl (C=O) groups excluding carboxylic acids is 1. The minimum absolute atomic E-state index is 0.236. The fraction of sp³-hybridized carbons (Fsp3) is 0.625. The van der Waals surface area contributed by atoms with E-state index in [0.29, 0.717) is 23.5 Å². The van der Waals surface area contributed by atoms with E-state index in [2.05, 4.69) is 35.9 Å². The van der Waals surface area contributed by atoms with Gasteiger partial charge in [0.2, 0.25) is 5.91 Å². The number of carbonyl (C=O) groups is 1. The quantitative estimate of drug-likeness (QED) is 0.243. The van der Waals surface area contributed by atoms with Gasteiger partial charge in [0.05, 0.1) is 31.1 Å². The molecule has 13 nitrogen and oxygen atoms in total. The highest BCUT2D eigenvalue weighted by atomic mass is 16.5. The Labute approximate surface area is 164 Å². The molecule has 4 heterocycles. The lowest BCUT2D eigenvalue weighted by molar-refractivity contribution is -0.185. The Morgan fingerprint density at radius 2 is 2.07 bits per heavy atom. The van der Waals surface area contributed by atoms with E-state index < -0.39 is 55.2 Å². The van der Waals surface area contributed by atoms with Crippen molar-refractivity contribution >= 4 is 22.9 Å². The van der Waals surface area contributed by atoms with Gasteiger partial charge in [0, 0.05) is 6.54 Å². The van der Waals surface area contributed by atoms with Gasteiger partial charge in [-0.25, -0.2) is 15.0 Å². The van der Waals surface area contributed by atoms with Crippen molar-refractivity contribution in [2.45, 2.75) is 49.1 Å². The summed E-state index contributed by atoms with van der Waals surface area (Å²) in [6.07, 6.45) is -2.62. The second-order valence-electron chi connectivity index (χ2n) is 7.11. The lowest BCUT2D eigenvalue weighted by Gasteiger charge is -2.43. The van der Waals surface area contributed by atoms with Crippen LogP contribution >= 0.6 is 0 Å². The van der Waals surface area contributed by atoms with Crippen LogP contribution in [0.2, 0.25) is 0 Å². The molecule has 0 saturated carbocycles. The van der Waals surface area contributed by atoms with E-state index in [9.17, 15) is 25.2 Å². The molecule has 158 valence electrons. The van der Waals surface area contributed by atoms with Crippen molar-refractivity contribution in [2.75, 3.05) is 18.5 Å². The summed E-state index contributed by atoms with van der Waals surface area (Å²) in [5.74, 6) is -0.159. The molecule has 2 aromatic rings. The lowest BCUT2D eigenvalue weighted by atomic mass is 9.95. The van der Waals surface area contributed by atoms with Gasteiger partial charge >= 0.3 is 0 Å². The topological polar surface area (TPSA) is 198 Å². The average molecular weight is 409 g/mol. The van der Waals surface area contributed by atoms with E-state index in [1.807, 2.05) is 0 Å². The van der Waals surface area contributed by atoms with Gasteiger partial charge in [-0.05, 0) is 6.42 Å². The predicted molar refractivity (Wildman–Crippen MR) is 97.4 cm³/mol. The van der Waals surface area contributed by atoms with E-state index in [4.69, 9.17) is 4.74 Å². The number of aliphatic hydroxyl groups excluding tert-OH is 4. The van der Waals surface area contributed by atoms with Crippen molar-refractivity contribution in [3.63, 3.8) is 0 Å². The number of anilines is 1. The number of fused-ring (bicyclic) bond motifs is 1. The van der Waals surface area contributed by atoms with E-state index in [0.717, 1.165) is 0 Å². The molecule has 0 bridgehead atoms. The summed E-state index contributed by atoms with van der Waals surface area (Å²) < 4.78 is 5.69. The summed E-state index contributed by atoms with van der Waals surface area (Å²) in [5.41, 5.74) is 0.892. The highest BCUT2D eigenvalue weighted by Crippen LogP contribution is 2.24. The Kier molecular flexibility index (Phi) is 5.58. The molecule has 2 aliphatic rings. The smallest absolute Gasteiger partial charge is 0.237 e. The first-order valence-corrected chi connectivity index (χ1v) is 9.23.